The van der Waals surface area contributed by atoms with Gasteiger partial charge in [0.25, 0.3) is 0 Å². The number of aromatic nitrogens is 1. The van der Waals surface area contributed by atoms with E-state index < -0.39 is 7.60 Å². The SMILES string of the molecule is CCOP(=O)(CCc1cc2ccccc2c(C)n1)OCC. The second-order valence-electron chi connectivity index (χ2n) is 4.84. The Labute approximate surface area is 126 Å². The fraction of sp³-hybridized carbons (Fsp3) is 0.438. The molecule has 0 aliphatic heterocycles. The number of rotatable bonds is 7. The fourth-order valence-electron chi connectivity index (χ4n) is 2.38. The lowest BCUT2D eigenvalue weighted by atomic mass is 10.1. The van der Waals surface area contributed by atoms with Crippen molar-refractivity contribution >= 4 is 18.4 Å². The molecule has 0 amide bonds. The van der Waals surface area contributed by atoms with E-state index in [1.165, 1.54) is 0 Å². The maximum Gasteiger partial charge on any atom is 0.331 e. The Morgan fingerprint density at radius 3 is 2.48 bits per heavy atom. The molecule has 21 heavy (non-hydrogen) atoms. The lowest BCUT2D eigenvalue weighted by Gasteiger charge is -2.16. The van der Waals surface area contributed by atoms with Gasteiger partial charge in [0.1, 0.15) is 0 Å². The van der Waals surface area contributed by atoms with Gasteiger partial charge in [-0.25, -0.2) is 0 Å². The van der Waals surface area contributed by atoms with Crippen LogP contribution in [0.3, 0.4) is 0 Å². The fourth-order valence-corrected chi connectivity index (χ4v) is 4.00. The van der Waals surface area contributed by atoms with Gasteiger partial charge in [0.05, 0.1) is 19.4 Å². The molecule has 0 N–H and O–H groups in total. The van der Waals surface area contributed by atoms with Crippen LogP contribution in [0.5, 0.6) is 0 Å². The molecule has 1 aromatic heterocycles. The van der Waals surface area contributed by atoms with Gasteiger partial charge in [-0.2, -0.15) is 0 Å². The first-order chi connectivity index (χ1) is 10.1. The second-order valence-corrected chi connectivity index (χ2v) is 7.03. The summed E-state index contributed by atoms with van der Waals surface area (Å²) in [6.07, 6.45) is 0.947. The minimum absolute atomic E-state index is 0.361. The molecule has 0 fully saturated rings. The molecule has 0 radical (unpaired) electrons. The standard InChI is InChI=1S/C16H22NO3P/c1-4-19-21(18,20-5-2)11-10-15-12-14-8-6-7-9-16(14)13(3)17-15/h6-9,12H,4-5,10-11H2,1-3H3. The Balaban J connectivity index is 2.18. The van der Waals surface area contributed by atoms with Crippen LogP contribution < -0.4 is 0 Å². The molecule has 2 aromatic rings. The summed E-state index contributed by atoms with van der Waals surface area (Å²) < 4.78 is 23.1. The number of hydrogen-bond donors (Lipinski definition) is 0. The van der Waals surface area contributed by atoms with Crippen molar-refractivity contribution in [3.05, 3.63) is 41.7 Å². The molecule has 5 heteroatoms. The summed E-state index contributed by atoms with van der Waals surface area (Å²) in [5, 5.41) is 2.31. The zero-order valence-electron chi connectivity index (χ0n) is 12.8. The Bertz CT molecular complexity index is 647. The van der Waals surface area contributed by atoms with Gasteiger partial charge >= 0.3 is 7.60 Å². The first-order valence-corrected chi connectivity index (χ1v) is 9.04. The second kappa shape index (κ2) is 7.17. The molecular weight excluding hydrogens is 285 g/mol. The van der Waals surface area contributed by atoms with Crippen molar-refractivity contribution in [2.75, 3.05) is 19.4 Å². The monoisotopic (exact) mass is 307 g/mol. The average molecular weight is 307 g/mol. The van der Waals surface area contributed by atoms with Crippen molar-refractivity contribution < 1.29 is 13.6 Å². The predicted octanol–water partition coefficient (Wildman–Crippen LogP) is 4.35. The van der Waals surface area contributed by atoms with Crippen LogP contribution in [0.25, 0.3) is 10.8 Å². The molecule has 4 nitrogen and oxygen atoms in total. The summed E-state index contributed by atoms with van der Waals surface area (Å²) in [6, 6.07) is 10.2. The summed E-state index contributed by atoms with van der Waals surface area (Å²) in [7, 11) is -3.00. The third-order valence-corrected chi connectivity index (χ3v) is 5.35. The van der Waals surface area contributed by atoms with Gasteiger partial charge in [-0.3, -0.25) is 9.55 Å². The summed E-state index contributed by atoms with van der Waals surface area (Å²) in [4.78, 5) is 4.59. The number of nitrogens with zero attached hydrogens (tertiary/aromatic N) is 1. The van der Waals surface area contributed by atoms with E-state index in [4.69, 9.17) is 9.05 Å². The predicted molar refractivity (Wildman–Crippen MR) is 85.9 cm³/mol. The van der Waals surface area contributed by atoms with Crippen LogP contribution in [0.4, 0.5) is 0 Å². The van der Waals surface area contributed by atoms with Crippen LogP contribution in [-0.4, -0.2) is 24.4 Å². The topological polar surface area (TPSA) is 48.4 Å². The van der Waals surface area contributed by atoms with Crippen molar-refractivity contribution in [1.82, 2.24) is 4.98 Å². The Morgan fingerprint density at radius 1 is 1.14 bits per heavy atom. The van der Waals surface area contributed by atoms with E-state index in [9.17, 15) is 4.57 Å². The molecule has 0 spiro atoms. The summed E-state index contributed by atoms with van der Waals surface area (Å²) in [5.41, 5.74) is 1.91. The Kier molecular flexibility index (Phi) is 5.51. The van der Waals surface area contributed by atoms with Crippen molar-refractivity contribution in [2.24, 2.45) is 0 Å². The average Bonchev–Trinajstić information content (AvgIpc) is 2.46. The smallest absolute Gasteiger partial charge is 0.309 e. The molecule has 2 rings (SSSR count). The van der Waals surface area contributed by atoms with E-state index in [1.54, 1.807) is 0 Å². The van der Waals surface area contributed by atoms with Crippen molar-refractivity contribution in [1.29, 1.82) is 0 Å². The highest BCUT2D eigenvalue weighted by atomic mass is 31.2. The first-order valence-electron chi connectivity index (χ1n) is 7.31. The van der Waals surface area contributed by atoms with Gasteiger partial charge in [-0.1, -0.05) is 24.3 Å². The molecule has 1 heterocycles. The third kappa shape index (κ3) is 4.13. The number of aryl methyl sites for hydroxylation is 2. The maximum atomic E-state index is 12.5. The molecule has 114 valence electrons. The lowest BCUT2D eigenvalue weighted by Crippen LogP contribution is -2.04. The van der Waals surface area contributed by atoms with Crippen molar-refractivity contribution in [3.63, 3.8) is 0 Å². The molecule has 0 bridgehead atoms. The van der Waals surface area contributed by atoms with Crippen LogP contribution in [0, 0.1) is 6.92 Å². The van der Waals surface area contributed by atoms with E-state index >= 15 is 0 Å². The molecule has 0 aliphatic carbocycles. The van der Waals surface area contributed by atoms with Gasteiger partial charge in [0.15, 0.2) is 0 Å². The largest absolute Gasteiger partial charge is 0.331 e. The highest BCUT2D eigenvalue weighted by Gasteiger charge is 2.23. The van der Waals surface area contributed by atoms with Gasteiger partial charge in [0, 0.05) is 23.2 Å². The van der Waals surface area contributed by atoms with Crippen molar-refractivity contribution in [3.8, 4) is 0 Å². The number of fused-ring (bicyclic) bond motifs is 1. The highest BCUT2D eigenvalue weighted by molar-refractivity contribution is 7.53. The van der Waals surface area contributed by atoms with E-state index in [1.807, 2.05) is 39.0 Å². The minimum Gasteiger partial charge on any atom is -0.309 e. The van der Waals surface area contributed by atoms with Gasteiger partial charge < -0.3 is 9.05 Å². The van der Waals surface area contributed by atoms with Gasteiger partial charge in [-0.05, 0) is 32.2 Å². The van der Waals surface area contributed by atoms with Crippen LogP contribution >= 0.6 is 7.60 Å². The normalized spacial score (nSPS) is 12.0. The summed E-state index contributed by atoms with van der Waals surface area (Å²) in [5.74, 6) is 0. The van der Waals surface area contributed by atoms with Crippen LogP contribution in [0.2, 0.25) is 0 Å². The first kappa shape index (κ1) is 16.2. The zero-order chi connectivity index (χ0) is 15.3. The minimum atomic E-state index is -3.00. The van der Waals surface area contributed by atoms with E-state index in [0.29, 0.717) is 25.8 Å². The molecule has 0 unspecified atom stereocenters. The van der Waals surface area contributed by atoms with Crippen molar-refractivity contribution in [2.45, 2.75) is 27.2 Å². The Hall–Kier alpha value is -1.22. The number of pyridine rings is 1. The molecule has 0 aliphatic rings. The Morgan fingerprint density at radius 2 is 1.81 bits per heavy atom. The van der Waals surface area contributed by atoms with Crippen LogP contribution in [-0.2, 0) is 20.0 Å². The summed E-state index contributed by atoms with van der Waals surface area (Å²) in [6.45, 7) is 6.42. The van der Waals surface area contributed by atoms with Gasteiger partial charge in [-0.15, -0.1) is 0 Å². The zero-order valence-corrected chi connectivity index (χ0v) is 13.7. The molecular formula is C16H22NO3P. The molecule has 1 aromatic carbocycles. The van der Waals surface area contributed by atoms with Crippen LogP contribution in [0.1, 0.15) is 25.2 Å². The molecule has 0 atom stereocenters. The lowest BCUT2D eigenvalue weighted by molar-refractivity contribution is 0.220. The number of hydrogen-bond acceptors (Lipinski definition) is 4. The quantitative estimate of drug-likeness (QED) is 0.713. The maximum absolute atomic E-state index is 12.5. The van der Waals surface area contributed by atoms with E-state index in [0.717, 1.165) is 22.2 Å². The number of benzene rings is 1. The van der Waals surface area contributed by atoms with Gasteiger partial charge in [0.2, 0.25) is 0 Å². The highest BCUT2D eigenvalue weighted by Crippen LogP contribution is 2.48. The molecule has 0 saturated heterocycles. The summed E-state index contributed by atoms with van der Waals surface area (Å²) >= 11 is 0. The van der Waals surface area contributed by atoms with Crippen LogP contribution in [0.15, 0.2) is 30.3 Å². The van der Waals surface area contributed by atoms with E-state index in [2.05, 4.69) is 17.1 Å². The molecule has 0 saturated carbocycles. The third-order valence-electron chi connectivity index (χ3n) is 3.28. The van der Waals surface area contributed by atoms with E-state index in [-0.39, 0.29) is 0 Å².